The molecule has 0 atom stereocenters. The van der Waals surface area contributed by atoms with E-state index < -0.39 is 0 Å². The van der Waals surface area contributed by atoms with Gasteiger partial charge in [0.25, 0.3) is 0 Å². The second-order valence-corrected chi connectivity index (χ2v) is 4.47. The maximum Gasteiger partial charge on any atom is 0.0768 e. The van der Waals surface area contributed by atoms with Crippen LogP contribution in [0.2, 0.25) is 10.0 Å². The van der Waals surface area contributed by atoms with Gasteiger partial charge in [0, 0.05) is 24.0 Å². The van der Waals surface area contributed by atoms with Crippen LogP contribution in [0.4, 0.5) is 0 Å². The predicted octanol–water partition coefficient (Wildman–Crippen LogP) is 4.07. The Kier molecular flexibility index (Phi) is 5.96. The summed E-state index contributed by atoms with van der Waals surface area (Å²) in [7, 11) is 0. The van der Waals surface area contributed by atoms with Gasteiger partial charge in [-0.1, -0.05) is 29.3 Å². The van der Waals surface area contributed by atoms with Crippen LogP contribution >= 0.6 is 35.6 Å². The molecule has 17 heavy (non-hydrogen) atoms. The Morgan fingerprint density at radius 3 is 2.59 bits per heavy atom. The summed E-state index contributed by atoms with van der Waals surface area (Å²) in [6.07, 6.45) is 3.94. The molecule has 1 aliphatic rings. The third kappa shape index (κ3) is 3.98. The molecule has 0 bridgehead atoms. The van der Waals surface area contributed by atoms with Crippen molar-refractivity contribution in [1.29, 1.82) is 0 Å². The van der Waals surface area contributed by atoms with Crippen molar-refractivity contribution in [1.82, 2.24) is 0 Å². The highest BCUT2D eigenvalue weighted by Crippen LogP contribution is 2.22. The highest BCUT2D eigenvalue weighted by Gasteiger charge is 2.05. The number of benzene rings is 1. The van der Waals surface area contributed by atoms with Gasteiger partial charge in [-0.2, -0.15) is 0 Å². The van der Waals surface area contributed by atoms with Gasteiger partial charge in [-0.05, 0) is 25.0 Å². The molecule has 1 aliphatic heterocycles. The lowest BCUT2D eigenvalue weighted by Gasteiger charge is -2.00. The summed E-state index contributed by atoms with van der Waals surface area (Å²) in [5, 5.41) is 1.26. The van der Waals surface area contributed by atoms with Crippen molar-refractivity contribution in [2.45, 2.75) is 12.8 Å². The summed E-state index contributed by atoms with van der Waals surface area (Å²) < 4.78 is 0. The summed E-state index contributed by atoms with van der Waals surface area (Å²) >= 11 is 12.0. The summed E-state index contributed by atoms with van der Waals surface area (Å²) in [4.78, 5) is 8.67. The maximum absolute atomic E-state index is 6.02. The van der Waals surface area contributed by atoms with Crippen LogP contribution < -0.4 is 0 Å². The highest BCUT2D eigenvalue weighted by molar-refractivity contribution is 6.38. The van der Waals surface area contributed by atoms with Crippen molar-refractivity contribution in [3.8, 4) is 0 Å². The number of hydrogen-bond donors (Lipinski definition) is 0. The Labute approximate surface area is 117 Å². The van der Waals surface area contributed by atoms with Crippen LogP contribution in [0.1, 0.15) is 18.4 Å². The first-order valence-corrected chi connectivity index (χ1v) is 5.99. The average molecular weight is 292 g/mol. The van der Waals surface area contributed by atoms with E-state index in [4.69, 9.17) is 23.2 Å². The molecule has 0 aliphatic carbocycles. The zero-order valence-electron chi connectivity index (χ0n) is 9.20. The molecular formula is C12H13Cl3N2. The molecule has 0 aromatic heterocycles. The van der Waals surface area contributed by atoms with Gasteiger partial charge in [-0.25, -0.2) is 0 Å². The highest BCUT2D eigenvalue weighted by atomic mass is 35.5. The number of rotatable bonds is 3. The lowest BCUT2D eigenvalue weighted by Crippen LogP contribution is -1.98. The van der Waals surface area contributed by atoms with Gasteiger partial charge in [-0.3, -0.25) is 9.98 Å². The molecule has 0 N–H and O–H groups in total. The van der Waals surface area contributed by atoms with Crippen LogP contribution in [-0.2, 0) is 0 Å². The van der Waals surface area contributed by atoms with E-state index in [1.54, 1.807) is 6.21 Å². The molecule has 0 radical (unpaired) electrons. The Bertz CT molecular complexity index is 421. The predicted molar refractivity (Wildman–Crippen MR) is 77.7 cm³/mol. The fourth-order valence-corrected chi connectivity index (χ4v) is 2.10. The van der Waals surface area contributed by atoms with Gasteiger partial charge < -0.3 is 0 Å². The molecular weight excluding hydrogens is 279 g/mol. The Morgan fingerprint density at radius 1 is 1.29 bits per heavy atom. The van der Waals surface area contributed by atoms with Crippen LogP contribution in [-0.4, -0.2) is 25.0 Å². The first kappa shape index (κ1) is 14.5. The van der Waals surface area contributed by atoms with Gasteiger partial charge in [0.2, 0.25) is 0 Å². The van der Waals surface area contributed by atoms with Gasteiger partial charge >= 0.3 is 0 Å². The quantitative estimate of drug-likeness (QED) is 0.750. The third-order valence-corrected chi connectivity index (χ3v) is 3.11. The maximum atomic E-state index is 6.02. The van der Waals surface area contributed by atoms with Crippen molar-refractivity contribution < 1.29 is 0 Å². The Balaban J connectivity index is 0.00000144. The fraction of sp³-hybridized carbons (Fsp3) is 0.333. The molecule has 0 fully saturated rings. The van der Waals surface area contributed by atoms with Gasteiger partial charge in [-0.15, -0.1) is 12.4 Å². The molecule has 0 amide bonds. The minimum atomic E-state index is 0. The normalized spacial score (nSPS) is 14.8. The first-order valence-electron chi connectivity index (χ1n) is 5.23. The molecule has 2 rings (SSSR count). The van der Waals surface area contributed by atoms with Crippen molar-refractivity contribution in [3.05, 3.63) is 33.8 Å². The van der Waals surface area contributed by atoms with E-state index in [-0.39, 0.29) is 12.4 Å². The van der Waals surface area contributed by atoms with Crippen LogP contribution in [0.15, 0.2) is 28.2 Å². The second-order valence-electron chi connectivity index (χ2n) is 3.66. The molecule has 0 spiro atoms. The molecule has 0 saturated heterocycles. The van der Waals surface area contributed by atoms with Crippen LogP contribution in [0, 0.1) is 0 Å². The van der Waals surface area contributed by atoms with Gasteiger partial charge in [0.15, 0.2) is 0 Å². The van der Waals surface area contributed by atoms with E-state index in [1.807, 2.05) is 18.2 Å². The summed E-state index contributed by atoms with van der Waals surface area (Å²) in [5.41, 5.74) is 1.95. The zero-order valence-corrected chi connectivity index (χ0v) is 11.5. The van der Waals surface area contributed by atoms with E-state index in [1.165, 1.54) is 5.71 Å². The molecule has 0 unspecified atom stereocenters. The molecule has 0 saturated carbocycles. The zero-order chi connectivity index (χ0) is 11.4. The standard InChI is InChI=1S/C12H12Cl2N2.ClH/c13-11-4-1-5-12(14)10(11)8-15-7-9-3-2-6-16-9;/h1,4-5,8H,2-3,6-7H2;1H. The van der Waals surface area contributed by atoms with Crippen molar-refractivity contribution in [3.63, 3.8) is 0 Å². The molecule has 2 nitrogen and oxygen atoms in total. The van der Waals surface area contributed by atoms with Crippen LogP contribution in [0.5, 0.6) is 0 Å². The van der Waals surface area contributed by atoms with E-state index in [2.05, 4.69) is 9.98 Å². The molecule has 1 heterocycles. The van der Waals surface area contributed by atoms with E-state index >= 15 is 0 Å². The van der Waals surface area contributed by atoms with E-state index in [0.717, 1.165) is 24.9 Å². The summed E-state index contributed by atoms with van der Waals surface area (Å²) in [5.74, 6) is 0. The smallest absolute Gasteiger partial charge is 0.0768 e. The lowest BCUT2D eigenvalue weighted by atomic mass is 10.2. The third-order valence-electron chi connectivity index (χ3n) is 2.45. The first-order chi connectivity index (χ1) is 7.77. The Hall–Kier alpha value is -0.570. The van der Waals surface area contributed by atoms with E-state index in [9.17, 15) is 0 Å². The van der Waals surface area contributed by atoms with Gasteiger partial charge in [0.05, 0.1) is 16.6 Å². The molecule has 1 aromatic rings. The minimum absolute atomic E-state index is 0. The second kappa shape index (κ2) is 7.00. The number of aliphatic imine (C=N–C) groups is 2. The number of halogens is 3. The van der Waals surface area contributed by atoms with Crippen molar-refractivity contribution in [2.75, 3.05) is 13.1 Å². The monoisotopic (exact) mass is 290 g/mol. The van der Waals surface area contributed by atoms with Gasteiger partial charge in [0.1, 0.15) is 0 Å². The van der Waals surface area contributed by atoms with E-state index in [0.29, 0.717) is 16.6 Å². The van der Waals surface area contributed by atoms with Crippen molar-refractivity contribution >= 4 is 47.5 Å². The van der Waals surface area contributed by atoms with Crippen LogP contribution in [0.25, 0.3) is 0 Å². The SMILES string of the molecule is Cl.Clc1cccc(Cl)c1C=NCC1=NCCC1. The van der Waals surface area contributed by atoms with Crippen molar-refractivity contribution in [2.24, 2.45) is 9.98 Å². The summed E-state index contributed by atoms with van der Waals surface area (Å²) in [6.45, 7) is 1.60. The minimum Gasteiger partial charge on any atom is -0.292 e. The molecule has 92 valence electrons. The lowest BCUT2D eigenvalue weighted by molar-refractivity contribution is 0.949. The molecule has 1 aromatic carbocycles. The molecule has 5 heteroatoms. The average Bonchev–Trinajstić information content (AvgIpc) is 2.75. The topological polar surface area (TPSA) is 24.7 Å². The largest absolute Gasteiger partial charge is 0.292 e. The van der Waals surface area contributed by atoms with Crippen LogP contribution in [0.3, 0.4) is 0 Å². The Morgan fingerprint density at radius 2 is 2.00 bits per heavy atom. The summed E-state index contributed by atoms with van der Waals surface area (Å²) in [6, 6.07) is 5.44. The number of nitrogens with zero attached hydrogens (tertiary/aromatic N) is 2. The fourth-order valence-electron chi connectivity index (χ4n) is 1.60. The number of hydrogen-bond acceptors (Lipinski definition) is 2.